The molecule has 1 heterocycles. The van der Waals surface area contributed by atoms with E-state index >= 15 is 0 Å². The maximum absolute atomic E-state index is 13.2. The molecule has 23 heavy (non-hydrogen) atoms. The zero-order valence-corrected chi connectivity index (χ0v) is 13.6. The lowest BCUT2D eigenvalue weighted by Crippen LogP contribution is -2.39. The molecule has 122 valence electrons. The molecule has 0 spiro atoms. The summed E-state index contributed by atoms with van der Waals surface area (Å²) in [5, 5.41) is 7.89. The number of anilines is 1. The summed E-state index contributed by atoms with van der Waals surface area (Å²) in [6.45, 7) is 3.54. The van der Waals surface area contributed by atoms with E-state index in [1.807, 2.05) is 6.92 Å². The third-order valence-corrected chi connectivity index (χ3v) is 4.24. The lowest BCUT2D eigenvalue weighted by Gasteiger charge is -2.20. The van der Waals surface area contributed by atoms with Gasteiger partial charge in [-0.25, -0.2) is 4.39 Å². The zero-order valence-electron chi connectivity index (χ0n) is 12.8. The van der Waals surface area contributed by atoms with Gasteiger partial charge in [-0.1, -0.05) is 12.1 Å². The molecule has 2 amide bonds. The predicted molar refractivity (Wildman–Crippen MR) is 88.9 cm³/mol. The molecule has 1 aromatic carbocycles. The Morgan fingerprint density at radius 3 is 2.65 bits per heavy atom. The Morgan fingerprint density at radius 2 is 2.00 bits per heavy atom. The fourth-order valence-electron chi connectivity index (χ4n) is 2.14. The molecule has 4 N–H and O–H groups in total. The van der Waals surface area contributed by atoms with Gasteiger partial charge in [0.1, 0.15) is 10.8 Å². The van der Waals surface area contributed by atoms with E-state index in [0.29, 0.717) is 5.00 Å². The van der Waals surface area contributed by atoms with Crippen molar-refractivity contribution in [3.8, 4) is 0 Å². The molecule has 2 rings (SSSR count). The molecular formula is C16H18FN3O2S. The minimum Gasteiger partial charge on any atom is -0.366 e. The first-order valence-corrected chi connectivity index (χ1v) is 7.96. The summed E-state index contributed by atoms with van der Waals surface area (Å²) in [5.74, 6) is -1.20. The summed E-state index contributed by atoms with van der Waals surface area (Å²) < 4.78 is 13.2. The zero-order chi connectivity index (χ0) is 17.0. The number of carbonyl (C=O) groups excluding carboxylic acids is 2. The van der Waals surface area contributed by atoms with Gasteiger partial charge in [0.15, 0.2) is 0 Å². The van der Waals surface area contributed by atoms with Crippen LogP contribution < -0.4 is 16.4 Å². The van der Waals surface area contributed by atoms with E-state index < -0.39 is 11.9 Å². The van der Waals surface area contributed by atoms with Crippen LogP contribution in [0.1, 0.15) is 35.8 Å². The minimum atomic E-state index is -0.588. The average molecular weight is 335 g/mol. The second kappa shape index (κ2) is 7.34. The molecule has 1 aromatic heterocycles. The Kier molecular flexibility index (Phi) is 5.46. The molecule has 0 saturated heterocycles. The second-order valence-corrected chi connectivity index (χ2v) is 6.10. The van der Waals surface area contributed by atoms with E-state index in [4.69, 9.17) is 5.73 Å². The van der Waals surface area contributed by atoms with Crippen LogP contribution in [0.4, 0.5) is 9.39 Å². The Hall–Kier alpha value is -2.25. The number of amides is 2. The van der Waals surface area contributed by atoms with E-state index in [0.717, 1.165) is 5.56 Å². The fraction of sp³-hybridized carbons (Fsp3) is 0.250. The number of carbonyl (C=O) groups is 2. The van der Waals surface area contributed by atoms with Crippen LogP contribution in [0.25, 0.3) is 0 Å². The molecular weight excluding hydrogens is 317 g/mol. The predicted octanol–water partition coefficient (Wildman–Crippen LogP) is 2.66. The topological polar surface area (TPSA) is 84.2 Å². The van der Waals surface area contributed by atoms with E-state index in [1.165, 1.54) is 23.5 Å². The summed E-state index contributed by atoms with van der Waals surface area (Å²) >= 11 is 1.23. The number of primary amides is 1. The van der Waals surface area contributed by atoms with Crippen LogP contribution in [0.15, 0.2) is 35.7 Å². The number of rotatable bonds is 6. The third kappa shape index (κ3) is 4.37. The molecule has 0 fully saturated rings. The number of nitrogens with two attached hydrogens (primary N) is 1. The van der Waals surface area contributed by atoms with Crippen LogP contribution in [0.3, 0.4) is 0 Å². The minimum absolute atomic E-state index is 0.203. The van der Waals surface area contributed by atoms with Crippen LogP contribution in [-0.2, 0) is 4.79 Å². The van der Waals surface area contributed by atoms with Gasteiger partial charge in [0.05, 0.1) is 11.6 Å². The monoisotopic (exact) mass is 335 g/mol. The Bertz CT molecular complexity index is 717. The maximum Gasteiger partial charge on any atom is 0.251 e. The van der Waals surface area contributed by atoms with Crippen molar-refractivity contribution in [3.05, 3.63) is 52.7 Å². The molecule has 0 radical (unpaired) electrons. The van der Waals surface area contributed by atoms with Crippen molar-refractivity contribution in [2.75, 3.05) is 5.32 Å². The average Bonchev–Trinajstić information content (AvgIpc) is 2.95. The van der Waals surface area contributed by atoms with Crippen LogP contribution in [0.5, 0.6) is 0 Å². The van der Waals surface area contributed by atoms with Gasteiger partial charge in [0.2, 0.25) is 5.91 Å². The lowest BCUT2D eigenvalue weighted by atomic mass is 10.1. The van der Waals surface area contributed by atoms with E-state index in [2.05, 4.69) is 10.6 Å². The number of halogens is 1. The van der Waals surface area contributed by atoms with Gasteiger partial charge in [0.25, 0.3) is 5.91 Å². The highest BCUT2D eigenvalue weighted by atomic mass is 32.1. The molecule has 7 heteroatoms. The van der Waals surface area contributed by atoms with Gasteiger partial charge < -0.3 is 11.1 Å². The molecule has 2 aromatic rings. The van der Waals surface area contributed by atoms with Gasteiger partial charge in [0, 0.05) is 6.04 Å². The number of hydrogen-bond donors (Lipinski definition) is 3. The quantitative estimate of drug-likeness (QED) is 0.759. The van der Waals surface area contributed by atoms with Crippen LogP contribution in [0, 0.1) is 5.82 Å². The first-order valence-electron chi connectivity index (χ1n) is 7.08. The van der Waals surface area contributed by atoms with Crippen molar-refractivity contribution < 1.29 is 14.0 Å². The Labute approximate surface area is 137 Å². The van der Waals surface area contributed by atoms with E-state index in [-0.39, 0.29) is 23.3 Å². The lowest BCUT2D eigenvalue weighted by molar-refractivity contribution is -0.117. The van der Waals surface area contributed by atoms with Gasteiger partial charge in [-0.3, -0.25) is 14.9 Å². The summed E-state index contributed by atoms with van der Waals surface area (Å²) in [7, 11) is 0. The van der Waals surface area contributed by atoms with Crippen molar-refractivity contribution in [1.82, 2.24) is 5.32 Å². The Balaban J connectivity index is 1.99. The van der Waals surface area contributed by atoms with Crippen molar-refractivity contribution in [2.24, 2.45) is 5.73 Å². The number of hydrogen-bond acceptors (Lipinski definition) is 4. The largest absolute Gasteiger partial charge is 0.366 e. The van der Waals surface area contributed by atoms with E-state index in [1.54, 1.807) is 30.5 Å². The summed E-state index contributed by atoms with van der Waals surface area (Å²) in [6, 6.07) is 7.03. The summed E-state index contributed by atoms with van der Waals surface area (Å²) in [4.78, 5) is 23.5. The fourth-order valence-corrected chi connectivity index (χ4v) is 2.94. The number of nitrogens with one attached hydrogen (secondary N) is 2. The molecule has 0 saturated carbocycles. The molecule has 0 bridgehead atoms. The van der Waals surface area contributed by atoms with Crippen LogP contribution >= 0.6 is 11.3 Å². The third-order valence-electron chi connectivity index (χ3n) is 3.41. The van der Waals surface area contributed by atoms with Crippen LogP contribution in [0.2, 0.25) is 0 Å². The highest BCUT2D eigenvalue weighted by Gasteiger charge is 2.19. The van der Waals surface area contributed by atoms with E-state index in [9.17, 15) is 14.0 Å². The van der Waals surface area contributed by atoms with Gasteiger partial charge in [-0.2, -0.15) is 0 Å². The number of benzene rings is 1. The smallest absolute Gasteiger partial charge is 0.251 e. The molecule has 2 atom stereocenters. The Morgan fingerprint density at radius 1 is 1.26 bits per heavy atom. The molecule has 0 unspecified atom stereocenters. The van der Waals surface area contributed by atoms with Crippen molar-refractivity contribution >= 4 is 28.2 Å². The van der Waals surface area contributed by atoms with Gasteiger partial charge >= 0.3 is 0 Å². The molecule has 0 aliphatic carbocycles. The first kappa shape index (κ1) is 17.1. The highest BCUT2D eigenvalue weighted by molar-refractivity contribution is 7.14. The SMILES string of the molecule is C[C@H](N[C@H](C)c1cccc(F)c1)C(=O)Nc1sccc1C(N)=O. The normalized spacial score (nSPS) is 13.3. The van der Waals surface area contributed by atoms with Gasteiger partial charge in [-0.05, 0) is 43.0 Å². The highest BCUT2D eigenvalue weighted by Crippen LogP contribution is 2.23. The maximum atomic E-state index is 13.2. The van der Waals surface area contributed by atoms with Crippen molar-refractivity contribution in [2.45, 2.75) is 25.9 Å². The summed E-state index contributed by atoms with van der Waals surface area (Å²) in [5.41, 5.74) is 6.28. The standard InChI is InChI=1S/C16H18FN3O2S/c1-9(11-4-3-5-12(17)8-11)19-10(2)15(22)20-16-13(14(18)21)6-7-23-16/h3-10,19H,1-2H3,(H2,18,21)(H,20,22)/t9-,10+/m1/s1. The van der Waals surface area contributed by atoms with Crippen LogP contribution in [-0.4, -0.2) is 17.9 Å². The molecule has 0 aliphatic heterocycles. The molecule has 0 aliphatic rings. The second-order valence-electron chi connectivity index (χ2n) is 5.18. The summed E-state index contributed by atoms with van der Waals surface area (Å²) in [6.07, 6.45) is 0. The number of thiophene rings is 1. The van der Waals surface area contributed by atoms with Crippen molar-refractivity contribution in [3.63, 3.8) is 0 Å². The van der Waals surface area contributed by atoms with Crippen molar-refractivity contribution in [1.29, 1.82) is 0 Å². The molecule has 5 nitrogen and oxygen atoms in total. The first-order chi connectivity index (χ1) is 10.9. The van der Waals surface area contributed by atoms with Gasteiger partial charge in [-0.15, -0.1) is 11.3 Å².